The topological polar surface area (TPSA) is 29.5 Å². The van der Waals surface area contributed by atoms with Gasteiger partial charge in [0.1, 0.15) is 0 Å². The lowest BCUT2D eigenvalue weighted by atomic mass is 9.67. The predicted molar refractivity (Wildman–Crippen MR) is 132 cm³/mol. The van der Waals surface area contributed by atoms with Crippen LogP contribution in [0, 0.1) is 23.8 Å². The Morgan fingerprint density at radius 2 is 1.62 bits per heavy atom. The number of fused-ring (bicyclic) bond motifs is 1. The van der Waals surface area contributed by atoms with Crippen LogP contribution in [-0.2, 0) is 21.9 Å². The summed E-state index contributed by atoms with van der Waals surface area (Å²) in [5.74, 6) is 3.30. The van der Waals surface area contributed by atoms with Gasteiger partial charge in [0.15, 0.2) is 5.78 Å². The van der Waals surface area contributed by atoms with Gasteiger partial charge in [-0.2, -0.15) is 26.3 Å². The fourth-order valence-corrected chi connectivity index (χ4v) is 5.89. The molecule has 0 saturated heterocycles. The minimum Gasteiger partial charge on any atom is -0.370 e. The monoisotopic (exact) mass is 547 g/mol. The van der Waals surface area contributed by atoms with E-state index in [1.807, 2.05) is 35.2 Å². The minimum atomic E-state index is -4.93. The standard InChI is InChI=1S/C30H27F6NO2/c1-18(21-13-22(29(31,32)33)15-23(14-21)30(34,35)36)39-27-10-7-20-17-37(24-8-9-25(38)16-24)12-11-26(20)28(27)19-5-3-2-4-6-19/h2-6,13-16,18,20,26-28H,7-10,17H2,1H3/t18-,20?,26-,27+,28+/m1/s1. The molecule has 3 nitrogen and oxygen atoms in total. The van der Waals surface area contributed by atoms with Crippen LogP contribution in [-0.4, -0.2) is 23.3 Å². The molecular formula is C30H27F6NO2. The number of hydrogen-bond donors (Lipinski definition) is 0. The van der Waals surface area contributed by atoms with Crippen LogP contribution in [0.2, 0.25) is 0 Å². The number of ketones is 1. The largest absolute Gasteiger partial charge is 0.416 e. The molecule has 1 fully saturated rings. The summed E-state index contributed by atoms with van der Waals surface area (Å²) in [4.78, 5) is 13.7. The Morgan fingerprint density at radius 1 is 0.949 bits per heavy atom. The van der Waals surface area contributed by atoms with Crippen molar-refractivity contribution < 1.29 is 35.9 Å². The number of nitrogens with zero attached hydrogens (tertiary/aromatic N) is 1. The quantitative estimate of drug-likeness (QED) is 0.287. The lowest BCUT2D eigenvalue weighted by Crippen LogP contribution is -2.43. The van der Waals surface area contributed by atoms with Gasteiger partial charge in [-0.1, -0.05) is 36.3 Å². The predicted octanol–water partition coefficient (Wildman–Crippen LogP) is 7.50. The normalized spacial score (nSPS) is 26.0. The molecule has 0 N–H and O–H groups in total. The van der Waals surface area contributed by atoms with Crippen molar-refractivity contribution in [3.63, 3.8) is 0 Å². The summed E-state index contributed by atoms with van der Waals surface area (Å²) < 4.78 is 86.9. The number of allylic oxidation sites excluding steroid dienone is 2. The number of rotatable bonds is 5. The Morgan fingerprint density at radius 3 is 2.21 bits per heavy atom. The number of hydrogen-bond acceptors (Lipinski definition) is 3. The van der Waals surface area contributed by atoms with Gasteiger partial charge in [-0.05, 0) is 61.4 Å². The second-order valence-corrected chi connectivity index (χ2v) is 10.4. The van der Waals surface area contributed by atoms with Gasteiger partial charge in [0.25, 0.3) is 0 Å². The van der Waals surface area contributed by atoms with E-state index in [4.69, 9.17) is 4.74 Å². The third-order valence-electron chi connectivity index (χ3n) is 7.85. The van der Waals surface area contributed by atoms with Crippen molar-refractivity contribution in [3.05, 3.63) is 82.6 Å². The highest BCUT2D eigenvalue weighted by Gasteiger charge is 2.44. The third kappa shape index (κ3) is 5.86. The van der Waals surface area contributed by atoms with Crippen molar-refractivity contribution in [1.82, 2.24) is 4.90 Å². The van der Waals surface area contributed by atoms with Crippen molar-refractivity contribution in [2.24, 2.45) is 11.8 Å². The molecule has 2 aromatic rings. The fraction of sp³-hybridized carbons (Fsp3) is 0.433. The Bertz CT molecular complexity index is 1290. The van der Waals surface area contributed by atoms with E-state index in [0.29, 0.717) is 25.8 Å². The van der Waals surface area contributed by atoms with Crippen LogP contribution in [0.15, 0.2) is 60.3 Å². The summed E-state index contributed by atoms with van der Waals surface area (Å²) in [6.45, 7) is 2.15. The molecule has 5 atom stereocenters. The number of benzene rings is 2. The number of carbonyl (C=O) groups excluding carboxylic acids is 1. The van der Waals surface area contributed by atoms with E-state index in [1.165, 1.54) is 6.92 Å². The second-order valence-electron chi connectivity index (χ2n) is 10.4. The van der Waals surface area contributed by atoms with E-state index in [0.717, 1.165) is 29.8 Å². The number of carbonyl (C=O) groups is 1. The molecule has 0 amide bonds. The van der Waals surface area contributed by atoms with Gasteiger partial charge >= 0.3 is 12.4 Å². The van der Waals surface area contributed by atoms with Gasteiger partial charge in [0.05, 0.1) is 23.3 Å². The van der Waals surface area contributed by atoms with Crippen LogP contribution in [0.25, 0.3) is 0 Å². The molecule has 5 rings (SSSR count). The van der Waals surface area contributed by atoms with Crippen LogP contribution in [0.1, 0.15) is 66.9 Å². The molecule has 39 heavy (non-hydrogen) atoms. The molecule has 2 aliphatic carbocycles. The van der Waals surface area contributed by atoms with E-state index in [9.17, 15) is 31.1 Å². The zero-order chi connectivity index (χ0) is 27.9. The zero-order valence-corrected chi connectivity index (χ0v) is 21.1. The lowest BCUT2D eigenvalue weighted by molar-refractivity contribution is -0.143. The maximum atomic E-state index is 13.4. The smallest absolute Gasteiger partial charge is 0.370 e. The molecule has 3 aliphatic rings. The summed E-state index contributed by atoms with van der Waals surface area (Å²) in [5, 5.41) is 0. The van der Waals surface area contributed by atoms with E-state index in [1.54, 1.807) is 6.08 Å². The maximum absolute atomic E-state index is 13.4. The minimum absolute atomic E-state index is 0.0884. The molecule has 0 radical (unpaired) electrons. The van der Waals surface area contributed by atoms with Crippen molar-refractivity contribution in [1.29, 1.82) is 0 Å². The van der Waals surface area contributed by atoms with Crippen molar-refractivity contribution >= 4 is 5.78 Å². The van der Waals surface area contributed by atoms with Crippen LogP contribution in [0.3, 0.4) is 0 Å². The van der Waals surface area contributed by atoms with Crippen molar-refractivity contribution in [2.75, 3.05) is 6.54 Å². The van der Waals surface area contributed by atoms with Gasteiger partial charge in [-0.3, -0.25) is 4.79 Å². The first-order valence-corrected chi connectivity index (χ1v) is 12.9. The second kappa shape index (κ2) is 10.4. The molecular weight excluding hydrogens is 520 g/mol. The highest BCUT2D eigenvalue weighted by molar-refractivity contribution is 5.92. The molecule has 1 saturated carbocycles. The summed E-state index contributed by atoms with van der Waals surface area (Å²) in [6.07, 6.45) is -7.24. The SMILES string of the molecule is C[C@@H](O[C@H]1CCC2CN(C3=CC(=O)CC3)C#C[C@H]2[C@@H]1c1ccccc1)c1cc(C(F)(F)F)cc(C(F)(F)F)c1. The molecule has 1 heterocycles. The van der Waals surface area contributed by atoms with Crippen molar-refractivity contribution in [2.45, 2.75) is 63.1 Å². The van der Waals surface area contributed by atoms with E-state index in [-0.39, 0.29) is 35.2 Å². The molecule has 2 aromatic carbocycles. The summed E-state index contributed by atoms with van der Waals surface area (Å²) in [5.41, 5.74) is -1.01. The van der Waals surface area contributed by atoms with Gasteiger partial charge in [0.2, 0.25) is 0 Å². The highest BCUT2D eigenvalue weighted by Crippen LogP contribution is 2.46. The van der Waals surface area contributed by atoms with E-state index < -0.39 is 35.7 Å². The first-order chi connectivity index (χ1) is 18.4. The first kappa shape index (κ1) is 27.3. The molecule has 9 heteroatoms. The summed E-state index contributed by atoms with van der Waals surface area (Å²) in [6, 6.07) is 14.3. The average molecular weight is 548 g/mol. The number of ether oxygens (including phenoxy) is 1. The molecule has 0 aromatic heterocycles. The Hall–Kier alpha value is -3.25. The van der Waals surface area contributed by atoms with Crippen LogP contribution < -0.4 is 0 Å². The maximum Gasteiger partial charge on any atom is 0.416 e. The Balaban J connectivity index is 1.45. The Kier molecular flexibility index (Phi) is 7.27. The summed E-state index contributed by atoms with van der Waals surface area (Å²) in [7, 11) is 0. The fourth-order valence-electron chi connectivity index (χ4n) is 5.89. The molecule has 0 bridgehead atoms. The summed E-state index contributed by atoms with van der Waals surface area (Å²) >= 11 is 0. The van der Waals surface area contributed by atoms with Gasteiger partial charge in [0, 0.05) is 42.6 Å². The van der Waals surface area contributed by atoms with Gasteiger partial charge < -0.3 is 9.64 Å². The molecule has 1 aliphatic heterocycles. The molecule has 206 valence electrons. The van der Waals surface area contributed by atoms with Gasteiger partial charge in [-0.25, -0.2) is 0 Å². The molecule has 0 spiro atoms. The lowest BCUT2D eigenvalue weighted by Gasteiger charge is -2.44. The van der Waals surface area contributed by atoms with Gasteiger partial charge in [-0.15, -0.1) is 0 Å². The van der Waals surface area contributed by atoms with E-state index >= 15 is 0 Å². The molecule has 1 unspecified atom stereocenters. The van der Waals surface area contributed by atoms with E-state index in [2.05, 4.69) is 12.0 Å². The third-order valence-corrected chi connectivity index (χ3v) is 7.85. The number of alkyl halides is 6. The van der Waals surface area contributed by atoms with Crippen LogP contribution >= 0.6 is 0 Å². The van der Waals surface area contributed by atoms with Crippen LogP contribution in [0.5, 0.6) is 0 Å². The first-order valence-electron chi connectivity index (χ1n) is 12.9. The van der Waals surface area contributed by atoms with Crippen LogP contribution in [0.4, 0.5) is 26.3 Å². The number of halogens is 6. The zero-order valence-electron chi connectivity index (χ0n) is 21.1. The Labute approximate surface area is 222 Å². The average Bonchev–Trinajstić information content (AvgIpc) is 3.33. The highest BCUT2D eigenvalue weighted by atomic mass is 19.4. The van der Waals surface area contributed by atoms with Crippen molar-refractivity contribution in [3.8, 4) is 12.0 Å².